The van der Waals surface area contributed by atoms with Gasteiger partial charge in [-0.3, -0.25) is 9.59 Å². The Labute approximate surface area is 171 Å². The summed E-state index contributed by atoms with van der Waals surface area (Å²) in [5.41, 5.74) is 4.13. The largest absolute Gasteiger partial charge is 0.497 e. The third kappa shape index (κ3) is 4.80. The van der Waals surface area contributed by atoms with Crippen LogP contribution in [0.15, 0.2) is 29.4 Å². The maximum Gasteiger partial charge on any atom is 0.341 e. The van der Waals surface area contributed by atoms with E-state index in [2.05, 4.69) is 15.8 Å². The number of amides is 2. The molecule has 152 valence electrons. The second-order valence-electron chi connectivity index (χ2n) is 6.21. The van der Waals surface area contributed by atoms with Gasteiger partial charge in [-0.15, -0.1) is 11.3 Å². The number of methoxy groups -OCH3 is 1. The first-order chi connectivity index (χ1) is 14.0. The highest BCUT2D eigenvalue weighted by atomic mass is 32.1. The molecule has 2 amide bonds. The lowest BCUT2D eigenvalue weighted by atomic mass is 10.1. The van der Waals surface area contributed by atoms with Crippen molar-refractivity contribution in [3.63, 3.8) is 0 Å². The van der Waals surface area contributed by atoms with Crippen LogP contribution in [0.2, 0.25) is 0 Å². The van der Waals surface area contributed by atoms with Crippen molar-refractivity contribution < 1.29 is 23.9 Å². The maximum absolute atomic E-state index is 12.3. The number of carbonyl (C=O) groups excluding carboxylic acids is 3. The lowest BCUT2D eigenvalue weighted by Crippen LogP contribution is -2.32. The molecule has 0 saturated heterocycles. The molecular weight excluding hydrogens is 394 g/mol. The lowest BCUT2D eigenvalue weighted by molar-refractivity contribution is -0.136. The average Bonchev–Trinajstić information content (AvgIpc) is 3.28. The summed E-state index contributed by atoms with van der Waals surface area (Å²) in [6.45, 7) is 1.95. The third-order valence-electron chi connectivity index (χ3n) is 4.31. The molecule has 2 N–H and O–H groups in total. The zero-order valence-corrected chi connectivity index (χ0v) is 16.9. The molecular formula is C20H21N3O5S. The Kier molecular flexibility index (Phi) is 6.61. The number of anilines is 1. The number of esters is 1. The van der Waals surface area contributed by atoms with E-state index in [-0.39, 0.29) is 6.61 Å². The first-order valence-electron chi connectivity index (χ1n) is 9.13. The number of aryl methyl sites for hydroxylation is 1. The Hall–Kier alpha value is -3.20. The summed E-state index contributed by atoms with van der Waals surface area (Å²) in [7, 11) is 1.55. The van der Waals surface area contributed by atoms with Gasteiger partial charge in [0.15, 0.2) is 0 Å². The van der Waals surface area contributed by atoms with Gasteiger partial charge in [0.1, 0.15) is 10.8 Å². The van der Waals surface area contributed by atoms with E-state index in [1.54, 1.807) is 38.3 Å². The molecule has 0 fully saturated rings. The minimum atomic E-state index is -0.937. The number of hydrazone groups is 1. The minimum Gasteiger partial charge on any atom is -0.497 e. The van der Waals surface area contributed by atoms with E-state index in [1.165, 1.54) is 17.6 Å². The Morgan fingerprint density at radius 3 is 2.83 bits per heavy atom. The molecule has 9 heteroatoms. The second-order valence-corrected chi connectivity index (χ2v) is 7.32. The van der Waals surface area contributed by atoms with Gasteiger partial charge in [0.25, 0.3) is 0 Å². The van der Waals surface area contributed by atoms with Crippen LogP contribution in [-0.4, -0.2) is 37.7 Å². The number of ether oxygens (including phenoxy) is 2. The molecule has 8 nitrogen and oxygen atoms in total. The number of thiophene rings is 1. The Balaban J connectivity index is 1.66. The van der Waals surface area contributed by atoms with Crippen molar-refractivity contribution in [1.29, 1.82) is 0 Å². The zero-order chi connectivity index (χ0) is 20.8. The van der Waals surface area contributed by atoms with E-state index < -0.39 is 17.8 Å². The topological polar surface area (TPSA) is 106 Å². The van der Waals surface area contributed by atoms with Crippen LogP contribution in [0.4, 0.5) is 5.00 Å². The van der Waals surface area contributed by atoms with E-state index in [1.807, 2.05) is 0 Å². The Bertz CT molecular complexity index is 967. The molecule has 0 saturated carbocycles. The molecule has 0 unspecified atom stereocenters. The predicted molar refractivity (Wildman–Crippen MR) is 110 cm³/mol. The van der Waals surface area contributed by atoms with Gasteiger partial charge >= 0.3 is 17.8 Å². The monoisotopic (exact) mass is 415 g/mol. The van der Waals surface area contributed by atoms with Crippen LogP contribution < -0.4 is 15.5 Å². The first-order valence-corrected chi connectivity index (χ1v) is 9.95. The van der Waals surface area contributed by atoms with Crippen molar-refractivity contribution in [3.8, 4) is 5.75 Å². The summed E-state index contributed by atoms with van der Waals surface area (Å²) >= 11 is 1.31. The number of nitrogens with one attached hydrogen (secondary N) is 2. The van der Waals surface area contributed by atoms with Gasteiger partial charge in [-0.05, 0) is 49.4 Å². The molecule has 0 aliphatic heterocycles. The highest BCUT2D eigenvalue weighted by molar-refractivity contribution is 7.17. The molecule has 29 heavy (non-hydrogen) atoms. The van der Waals surface area contributed by atoms with Crippen LogP contribution in [0.5, 0.6) is 5.75 Å². The summed E-state index contributed by atoms with van der Waals surface area (Å²) in [5, 5.41) is 6.64. The molecule has 0 bridgehead atoms. The van der Waals surface area contributed by atoms with E-state index in [4.69, 9.17) is 9.47 Å². The fraction of sp³-hybridized carbons (Fsp3) is 0.300. The summed E-state index contributed by atoms with van der Waals surface area (Å²) in [4.78, 5) is 37.7. The van der Waals surface area contributed by atoms with Gasteiger partial charge in [0.05, 0.1) is 25.5 Å². The Morgan fingerprint density at radius 2 is 2.07 bits per heavy atom. The van der Waals surface area contributed by atoms with Crippen LogP contribution >= 0.6 is 11.3 Å². The van der Waals surface area contributed by atoms with E-state index in [9.17, 15) is 14.4 Å². The molecule has 3 rings (SSSR count). The van der Waals surface area contributed by atoms with Gasteiger partial charge in [0.2, 0.25) is 0 Å². The SMILES string of the molecule is CCOC(=O)c1c(NC(=O)C(=O)N/N=C/c2cccc(OC)c2)sc2c1CCC2. The number of fused-ring (bicyclic) bond motifs is 1. The van der Waals surface area contributed by atoms with Crippen molar-refractivity contribution in [2.45, 2.75) is 26.2 Å². The van der Waals surface area contributed by atoms with Crippen LogP contribution in [-0.2, 0) is 27.2 Å². The molecule has 0 radical (unpaired) electrons. The summed E-state index contributed by atoms with van der Waals surface area (Å²) in [5.74, 6) is -1.68. The van der Waals surface area contributed by atoms with Gasteiger partial charge in [0, 0.05) is 4.88 Å². The molecule has 1 aliphatic rings. The van der Waals surface area contributed by atoms with Gasteiger partial charge in [-0.25, -0.2) is 10.2 Å². The number of carbonyl (C=O) groups is 3. The third-order valence-corrected chi connectivity index (χ3v) is 5.51. The van der Waals surface area contributed by atoms with Crippen LogP contribution in [0.3, 0.4) is 0 Å². The van der Waals surface area contributed by atoms with Crippen molar-refractivity contribution in [2.24, 2.45) is 5.10 Å². The first kappa shape index (κ1) is 20.5. The molecule has 0 atom stereocenters. The average molecular weight is 415 g/mol. The molecule has 0 spiro atoms. The number of rotatable bonds is 6. The van der Waals surface area contributed by atoms with Crippen molar-refractivity contribution in [3.05, 3.63) is 45.8 Å². The maximum atomic E-state index is 12.3. The zero-order valence-electron chi connectivity index (χ0n) is 16.1. The van der Waals surface area contributed by atoms with Gasteiger partial charge in [-0.2, -0.15) is 5.10 Å². The quantitative estimate of drug-likeness (QED) is 0.326. The smallest absolute Gasteiger partial charge is 0.341 e. The van der Waals surface area contributed by atoms with Crippen molar-refractivity contribution in [2.75, 3.05) is 19.0 Å². The number of hydrogen-bond acceptors (Lipinski definition) is 7. The van der Waals surface area contributed by atoms with Crippen LogP contribution in [0.25, 0.3) is 0 Å². The summed E-state index contributed by atoms with van der Waals surface area (Å²) in [6.07, 6.45) is 3.96. The summed E-state index contributed by atoms with van der Waals surface area (Å²) < 4.78 is 10.2. The fourth-order valence-corrected chi connectivity index (χ4v) is 4.28. The predicted octanol–water partition coefficient (Wildman–Crippen LogP) is 2.51. The fourth-order valence-electron chi connectivity index (χ4n) is 3.01. The highest BCUT2D eigenvalue weighted by Gasteiger charge is 2.29. The van der Waals surface area contributed by atoms with Gasteiger partial charge in [-0.1, -0.05) is 12.1 Å². The number of nitrogens with zero attached hydrogens (tertiary/aromatic N) is 1. The minimum absolute atomic E-state index is 0.232. The molecule has 1 aliphatic carbocycles. The van der Waals surface area contributed by atoms with Crippen LogP contribution in [0.1, 0.15) is 39.7 Å². The van der Waals surface area contributed by atoms with E-state index in [0.717, 1.165) is 29.7 Å². The summed E-state index contributed by atoms with van der Waals surface area (Å²) in [6, 6.07) is 7.07. The highest BCUT2D eigenvalue weighted by Crippen LogP contribution is 2.39. The standard InChI is InChI=1S/C20H21N3O5S/c1-3-28-20(26)16-14-8-5-9-15(14)29-19(16)22-17(24)18(25)23-21-11-12-6-4-7-13(10-12)27-2/h4,6-7,10-11H,3,5,8-9H2,1-2H3,(H,22,24)(H,23,25)/b21-11+. The Morgan fingerprint density at radius 1 is 1.24 bits per heavy atom. The van der Waals surface area contributed by atoms with E-state index >= 15 is 0 Å². The van der Waals surface area contributed by atoms with Crippen molar-refractivity contribution in [1.82, 2.24) is 5.43 Å². The molecule has 2 aromatic rings. The normalized spacial score (nSPS) is 12.5. The van der Waals surface area contributed by atoms with E-state index in [0.29, 0.717) is 21.9 Å². The second kappa shape index (κ2) is 9.33. The van der Waals surface area contributed by atoms with Gasteiger partial charge < -0.3 is 14.8 Å². The molecule has 1 aromatic heterocycles. The lowest BCUT2D eigenvalue weighted by Gasteiger charge is -2.07. The van der Waals surface area contributed by atoms with Crippen molar-refractivity contribution >= 4 is 40.3 Å². The molecule has 1 aromatic carbocycles. The van der Waals surface area contributed by atoms with Crippen LogP contribution in [0, 0.1) is 0 Å². The molecule has 1 heterocycles. The number of benzene rings is 1. The number of hydrogen-bond donors (Lipinski definition) is 2.